The summed E-state index contributed by atoms with van der Waals surface area (Å²) >= 11 is 0. The van der Waals surface area contributed by atoms with E-state index in [0.717, 1.165) is 11.6 Å². The van der Waals surface area contributed by atoms with Crippen LogP contribution in [0, 0.1) is 0 Å². The molecule has 0 radical (unpaired) electrons. The molecule has 0 saturated heterocycles. The molecule has 0 aliphatic carbocycles. The average molecular weight is 228 g/mol. The average Bonchev–Trinajstić information content (AvgIpc) is 2.81. The van der Waals surface area contributed by atoms with Crippen LogP contribution in [-0.2, 0) is 11.8 Å². The van der Waals surface area contributed by atoms with Gasteiger partial charge in [-0.15, -0.1) is 0 Å². The van der Waals surface area contributed by atoms with Crippen LogP contribution in [-0.4, -0.2) is 22.6 Å². The molecule has 1 aromatic heterocycles. The summed E-state index contributed by atoms with van der Waals surface area (Å²) in [7, 11) is 2.05. The summed E-state index contributed by atoms with van der Waals surface area (Å²) in [5.41, 5.74) is 2.15. The smallest absolute Gasteiger partial charge is 0.234 e. The van der Waals surface area contributed by atoms with Crippen molar-refractivity contribution in [1.29, 1.82) is 0 Å². The highest BCUT2D eigenvalue weighted by atomic mass is 16.5. The Balaban J connectivity index is 2.16. The number of ether oxygens (including phenoxy) is 1. The minimum absolute atomic E-state index is 0.105. The molecule has 3 heteroatoms. The van der Waals surface area contributed by atoms with Gasteiger partial charge in [-0.3, -0.25) is 0 Å². The third kappa shape index (κ3) is 1.62. The van der Waals surface area contributed by atoms with E-state index in [1.54, 1.807) is 0 Å². The van der Waals surface area contributed by atoms with Gasteiger partial charge in [-0.05, 0) is 26.0 Å². The molecule has 17 heavy (non-hydrogen) atoms. The zero-order valence-electron chi connectivity index (χ0n) is 10.4. The maximum absolute atomic E-state index is 5.69. The summed E-state index contributed by atoms with van der Waals surface area (Å²) in [6.45, 7) is 4.83. The summed E-state index contributed by atoms with van der Waals surface area (Å²) in [5, 5.41) is 1.22. The lowest BCUT2D eigenvalue weighted by Gasteiger charge is -2.07. The van der Waals surface area contributed by atoms with Gasteiger partial charge in [0, 0.05) is 18.0 Å². The van der Waals surface area contributed by atoms with E-state index in [0.29, 0.717) is 6.61 Å². The van der Waals surface area contributed by atoms with Crippen molar-refractivity contribution in [1.82, 2.24) is 4.57 Å². The van der Waals surface area contributed by atoms with Crippen molar-refractivity contribution in [3.8, 4) is 0 Å². The Morgan fingerprint density at radius 3 is 2.71 bits per heavy atom. The van der Waals surface area contributed by atoms with Gasteiger partial charge in [-0.1, -0.05) is 18.2 Å². The van der Waals surface area contributed by atoms with Crippen LogP contribution in [0.2, 0.25) is 0 Å². The molecule has 0 N–H and O–H groups in total. The molecule has 2 heterocycles. The Morgan fingerprint density at radius 1 is 1.29 bits per heavy atom. The molecule has 0 atom stereocenters. The van der Waals surface area contributed by atoms with Crippen molar-refractivity contribution in [2.75, 3.05) is 6.61 Å². The maximum atomic E-state index is 5.69. The van der Waals surface area contributed by atoms with Crippen LogP contribution in [0.15, 0.2) is 35.3 Å². The van der Waals surface area contributed by atoms with E-state index in [9.17, 15) is 0 Å². The van der Waals surface area contributed by atoms with Gasteiger partial charge >= 0.3 is 0 Å². The third-order valence-corrected chi connectivity index (χ3v) is 3.14. The molecule has 1 aromatic carbocycles. The van der Waals surface area contributed by atoms with Gasteiger partial charge < -0.3 is 9.30 Å². The minimum Gasteiger partial charge on any atom is -0.474 e. The SMILES string of the molecule is Cn1c(C2=NC(C)(C)CO2)cc2ccccc21. The predicted octanol–water partition coefficient (Wildman–Crippen LogP) is 2.73. The van der Waals surface area contributed by atoms with Crippen molar-refractivity contribution in [2.45, 2.75) is 19.4 Å². The summed E-state index contributed by atoms with van der Waals surface area (Å²) in [4.78, 5) is 4.62. The lowest BCUT2D eigenvalue weighted by atomic mass is 10.1. The van der Waals surface area contributed by atoms with Crippen LogP contribution < -0.4 is 0 Å². The van der Waals surface area contributed by atoms with Crippen molar-refractivity contribution >= 4 is 16.8 Å². The Hall–Kier alpha value is -1.77. The normalized spacial score (nSPS) is 18.2. The number of fused-ring (bicyclic) bond motifs is 1. The quantitative estimate of drug-likeness (QED) is 0.737. The van der Waals surface area contributed by atoms with E-state index >= 15 is 0 Å². The Kier molecular flexibility index (Phi) is 2.05. The number of hydrogen-bond acceptors (Lipinski definition) is 2. The highest BCUT2D eigenvalue weighted by Gasteiger charge is 2.28. The monoisotopic (exact) mass is 228 g/mol. The third-order valence-electron chi connectivity index (χ3n) is 3.14. The molecule has 0 saturated carbocycles. The van der Waals surface area contributed by atoms with Gasteiger partial charge in [0.2, 0.25) is 5.90 Å². The molecule has 0 fully saturated rings. The van der Waals surface area contributed by atoms with Crippen LogP contribution in [0.3, 0.4) is 0 Å². The molecule has 1 aliphatic heterocycles. The number of nitrogens with zero attached hydrogens (tertiary/aromatic N) is 2. The molecule has 88 valence electrons. The Bertz CT molecular complexity index is 608. The molecule has 3 nitrogen and oxygen atoms in total. The number of hydrogen-bond donors (Lipinski definition) is 0. The zero-order chi connectivity index (χ0) is 12.0. The molecule has 1 aliphatic rings. The van der Waals surface area contributed by atoms with Gasteiger partial charge in [0.05, 0.1) is 5.54 Å². The fraction of sp³-hybridized carbons (Fsp3) is 0.357. The van der Waals surface area contributed by atoms with Crippen molar-refractivity contribution < 1.29 is 4.74 Å². The summed E-state index contributed by atoms with van der Waals surface area (Å²) in [5.74, 6) is 0.758. The summed E-state index contributed by atoms with van der Waals surface area (Å²) in [6.07, 6.45) is 0. The first-order chi connectivity index (χ1) is 8.07. The number of aromatic nitrogens is 1. The van der Waals surface area contributed by atoms with Gasteiger partial charge in [-0.25, -0.2) is 4.99 Å². The molecule has 0 spiro atoms. The summed E-state index contributed by atoms with van der Waals surface area (Å²) in [6, 6.07) is 10.5. The molecule has 2 aromatic rings. The van der Waals surface area contributed by atoms with E-state index in [-0.39, 0.29) is 5.54 Å². The maximum Gasteiger partial charge on any atom is 0.234 e. The Labute approximate surface area is 101 Å². The topological polar surface area (TPSA) is 26.5 Å². The van der Waals surface area contributed by atoms with E-state index < -0.39 is 0 Å². The second-order valence-corrected chi connectivity index (χ2v) is 5.17. The minimum atomic E-state index is -0.105. The van der Waals surface area contributed by atoms with E-state index in [4.69, 9.17) is 4.74 Å². The van der Waals surface area contributed by atoms with Crippen molar-refractivity contribution in [3.63, 3.8) is 0 Å². The second kappa shape index (κ2) is 3.36. The first-order valence-corrected chi connectivity index (χ1v) is 5.84. The van der Waals surface area contributed by atoms with Crippen LogP contribution in [0.4, 0.5) is 0 Å². The molecule has 0 bridgehead atoms. The van der Waals surface area contributed by atoms with Crippen LogP contribution >= 0.6 is 0 Å². The first kappa shape index (κ1) is 10.4. The second-order valence-electron chi connectivity index (χ2n) is 5.17. The molecular formula is C14H16N2O. The highest BCUT2D eigenvalue weighted by Crippen LogP contribution is 2.24. The number of rotatable bonds is 1. The van der Waals surface area contributed by atoms with Crippen molar-refractivity contribution in [3.05, 3.63) is 36.0 Å². The van der Waals surface area contributed by atoms with Crippen LogP contribution in [0.1, 0.15) is 19.5 Å². The first-order valence-electron chi connectivity index (χ1n) is 5.84. The summed E-state index contributed by atoms with van der Waals surface area (Å²) < 4.78 is 7.83. The van der Waals surface area contributed by atoms with Crippen LogP contribution in [0.5, 0.6) is 0 Å². The molecule has 3 rings (SSSR count). The fourth-order valence-corrected chi connectivity index (χ4v) is 2.21. The Morgan fingerprint density at radius 2 is 2.06 bits per heavy atom. The number of benzene rings is 1. The van der Waals surface area contributed by atoms with E-state index in [1.165, 1.54) is 10.9 Å². The predicted molar refractivity (Wildman–Crippen MR) is 69.5 cm³/mol. The van der Waals surface area contributed by atoms with E-state index in [2.05, 4.69) is 48.7 Å². The van der Waals surface area contributed by atoms with Gasteiger partial charge in [-0.2, -0.15) is 0 Å². The lowest BCUT2D eigenvalue weighted by molar-refractivity contribution is 0.278. The molecule has 0 amide bonds. The number of aliphatic imine (C=N–C) groups is 1. The fourth-order valence-electron chi connectivity index (χ4n) is 2.21. The largest absolute Gasteiger partial charge is 0.474 e. The van der Waals surface area contributed by atoms with Gasteiger partial charge in [0.1, 0.15) is 12.3 Å². The number of aryl methyl sites for hydroxylation is 1. The lowest BCUT2D eigenvalue weighted by Crippen LogP contribution is -2.17. The number of para-hydroxylation sites is 1. The van der Waals surface area contributed by atoms with Crippen molar-refractivity contribution in [2.24, 2.45) is 12.0 Å². The van der Waals surface area contributed by atoms with Crippen LogP contribution in [0.25, 0.3) is 10.9 Å². The van der Waals surface area contributed by atoms with E-state index in [1.807, 2.05) is 12.1 Å². The zero-order valence-corrected chi connectivity index (χ0v) is 10.4. The molecule has 0 unspecified atom stereocenters. The van der Waals surface area contributed by atoms with Gasteiger partial charge in [0.15, 0.2) is 0 Å². The standard InChI is InChI=1S/C14H16N2O/c1-14(2)9-17-13(15-14)12-8-10-6-4-5-7-11(10)16(12)3/h4-8H,9H2,1-3H3. The highest BCUT2D eigenvalue weighted by molar-refractivity contribution is 5.99. The molecular weight excluding hydrogens is 212 g/mol. The van der Waals surface area contributed by atoms with Gasteiger partial charge in [0.25, 0.3) is 0 Å².